The van der Waals surface area contributed by atoms with Crippen molar-refractivity contribution in [3.63, 3.8) is 0 Å². The minimum Gasteiger partial charge on any atom is -0.481 e. The Morgan fingerprint density at radius 1 is 1.41 bits per heavy atom. The van der Waals surface area contributed by atoms with Crippen LogP contribution in [-0.2, 0) is 9.59 Å². The molecule has 0 heterocycles. The molecule has 0 spiro atoms. The second-order valence-electron chi connectivity index (χ2n) is 4.57. The monoisotopic (exact) mass is 239 g/mol. The zero-order valence-corrected chi connectivity index (χ0v) is 9.85. The summed E-state index contributed by atoms with van der Waals surface area (Å²) in [6.07, 6.45) is 3.16. The summed E-state index contributed by atoms with van der Waals surface area (Å²) in [5.74, 6) is -3.95. The quantitative estimate of drug-likeness (QED) is 0.763. The Labute approximate surface area is 100 Å². The Morgan fingerprint density at radius 3 is 2.24 bits per heavy atom. The Hall–Kier alpha value is -1.57. The maximum Gasteiger partial charge on any atom is 0.325 e. The van der Waals surface area contributed by atoms with Gasteiger partial charge in [0.2, 0.25) is 0 Å². The summed E-state index contributed by atoms with van der Waals surface area (Å²) in [7, 11) is 0. The number of rotatable bonds is 5. The number of carbonyl (C=O) groups is 2. The maximum absolute atomic E-state index is 11.5. The molecule has 0 aromatic heterocycles. The number of carboxylic acid groups (broad SMARTS) is 2. The van der Waals surface area contributed by atoms with E-state index in [1.54, 1.807) is 6.92 Å². The van der Waals surface area contributed by atoms with E-state index in [1.165, 1.54) is 0 Å². The van der Waals surface area contributed by atoms with Gasteiger partial charge in [-0.25, -0.2) is 0 Å². The number of aliphatic carboxylic acids is 2. The Morgan fingerprint density at radius 2 is 1.94 bits per heavy atom. The Kier molecular flexibility index (Phi) is 4.11. The van der Waals surface area contributed by atoms with Crippen LogP contribution >= 0.6 is 0 Å². The normalized spacial score (nSPS) is 21.4. The van der Waals surface area contributed by atoms with Gasteiger partial charge in [-0.3, -0.25) is 9.59 Å². The molecule has 1 saturated carbocycles. The first-order valence-corrected chi connectivity index (χ1v) is 5.88. The first kappa shape index (κ1) is 13.5. The molecule has 1 rings (SSSR count). The SMILES string of the molecule is CCC(C(=O)O)C(C#N)(C(=O)O)C1CCCC1. The number of carboxylic acids is 2. The van der Waals surface area contributed by atoms with Gasteiger partial charge < -0.3 is 10.2 Å². The van der Waals surface area contributed by atoms with Gasteiger partial charge in [-0.1, -0.05) is 19.8 Å². The summed E-state index contributed by atoms with van der Waals surface area (Å²) < 4.78 is 0. The number of hydrogen-bond acceptors (Lipinski definition) is 3. The van der Waals surface area contributed by atoms with Crippen molar-refractivity contribution in [1.82, 2.24) is 0 Å². The van der Waals surface area contributed by atoms with Crippen molar-refractivity contribution in [2.24, 2.45) is 17.3 Å². The zero-order chi connectivity index (χ0) is 13.1. The molecule has 0 amide bonds. The van der Waals surface area contributed by atoms with Crippen molar-refractivity contribution in [2.75, 3.05) is 0 Å². The molecule has 0 aromatic carbocycles. The van der Waals surface area contributed by atoms with E-state index in [2.05, 4.69) is 0 Å². The molecule has 5 nitrogen and oxygen atoms in total. The topological polar surface area (TPSA) is 98.4 Å². The van der Waals surface area contributed by atoms with Crippen molar-refractivity contribution < 1.29 is 19.8 Å². The molecule has 1 aliphatic carbocycles. The standard InChI is InChI=1S/C12H17NO4/c1-2-9(10(14)15)12(7-13,11(16)17)8-5-3-4-6-8/h8-9H,2-6H2,1H3,(H,14,15)(H,16,17). The summed E-state index contributed by atoms with van der Waals surface area (Å²) in [6, 6.07) is 1.81. The second kappa shape index (κ2) is 5.17. The van der Waals surface area contributed by atoms with Gasteiger partial charge in [-0.15, -0.1) is 0 Å². The third kappa shape index (κ3) is 2.12. The van der Waals surface area contributed by atoms with Crippen LogP contribution in [0.25, 0.3) is 0 Å². The van der Waals surface area contributed by atoms with Crippen LogP contribution in [0.4, 0.5) is 0 Å². The van der Waals surface area contributed by atoms with Gasteiger partial charge in [0.1, 0.15) is 0 Å². The van der Waals surface area contributed by atoms with Crippen LogP contribution < -0.4 is 0 Å². The van der Waals surface area contributed by atoms with Crippen molar-refractivity contribution in [3.8, 4) is 6.07 Å². The van der Waals surface area contributed by atoms with E-state index in [-0.39, 0.29) is 12.3 Å². The summed E-state index contributed by atoms with van der Waals surface area (Å²) in [5.41, 5.74) is -1.77. The Balaban J connectivity index is 3.20. The minimum absolute atomic E-state index is 0.158. The third-order valence-corrected chi connectivity index (χ3v) is 3.79. The lowest BCUT2D eigenvalue weighted by molar-refractivity contribution is -0.162. The van der Waals surface area contributed by atoms with Crippen LogP contribution in [-0.4, -0.2) is 22.2 Å². The fourth-order valence-corrected chi connectivity index (χ4v) is 2.90. The maximum atomic E-state index is 11.5. The molecule has 17 heavy (non-hydrogen) atoms. The lowest BCUT2D eigenvalue weighted by Gasteiger charge is -2.33. The highest BCUT2D eigenvalue weighted by atomic mass is 16.4. The molecule has 2 atom stereocenters. The number of nitrogens with zero attached hydrogens (tertiary/aromatic N) is 1. The summed E-state index contributed by atoms with van der Waals surface area (Å²) >= 11 is 0. The summed E-state index contributed by atoms with van der Waals surface area (Å²) in [6.45, 7) is 1.61. The van der Waals surface area contributed by atoms with Gasteiger partial charge in [-0.05, 0) is 25.2 Å². The molecular weight excluding hydrogens is 222 g/mol. The lowest BCUT2D eigenvalue weighted by Crippen LogP contribution is -2.46. The summed E-state index contributed by atoms with van der Waals surface area (Å²) in [5, 5.41) is 27.7. The van der Waals surface area contributed by atoms with Gasteiger partial charge in [0.25, 0.3) is 0 Å². The van der Waals surface area contributed by atoms with Crippen molar-refractivity contribution in [1.29, 1.82) is 5.26 Å². The predicted molar refractivity (Wildman–Crippen MR) is 59.1 cm³/mol. The molecule has 0 aliphatic heterocycles. The molecule has 0 radical (unpaired) electrons. The van der Waals surface area contributed by atoms with Gasteiger partial charge in [0.15, 0.2) is 5.41 Å². The van der Waals surface area contributed by atoms with Gasteiger partial charge in [0.05, 0.1) is 12.0 Å². The van der Waals surface area contributed by atoms with E-state index in [4.69, 9.17) is 5.11 Å². The first-order chi connectivity index (χ1) is 8.00. The molecule has 2 N–H and O–H groups in total. The highest BCUT2D eigenvalue weighted by molar-refractivity contribution is 5.86. The van der Waals surface area contributed by atoms with Crippen molar-refractivity contribution in [3.05, 3.63) is 0 Å². The predicted octanol–water partition coefficient (Wildman–Crippen LogP) is 1.88. The molecular formula is C12H17NO4. The van der Waals surface area contributed by atoms with Crippen molar-refractivity contribution in [2.45, 2.75) is 39.0 Å². The van der Waals surface area contributed by atoms with Crippen molar-refractivity contribution >= 4 is 11.9 Å². The highest BCUT2D eigenvalue weighted by Crippen LogP contribution is 2.46. The summed E-state index contributed by atoms with van der Waals surface area (Å²) in [4.78, 5) is 22.6. The molecule has 0 saturated heterocycles. The average Bonchev–Trinajstić information content (AvgIpc) is 2.78. The van der Waals surface area contributed by atoms with Crippen LogP contribution in [0.2, 0.25) is 0 Å². The smallest absolute Gasteiger partial charge is 0.325 e. The fraction of sp³-hybridized carbons (Fsp3) is 0.750. The van der Waals surface area contributed by atoms with E-state index < -0.39 is 23.3 Å². The molecule has 1 aliphatic rings. The molecule has 0 bridgehead atoms. The van der Waals surface area contributed by atoms with E-state index >= 15 is 0 Å². The van der Waals surface area contributed by atoms with Crippen LogP contribution in [0.5, 0.6) is 0 Å². The van der Waals surface area contributed by atoms with Crippen LogP contribution in [0, 0.1) is 28.6 Å². The number of hydrogen-bond donors (Lipinski definition) is 2. The highest BCUT2D eigenvalue weighted by Gasteiger charge is 2.55. The van der Waals surface area contributed by atoms with Gasteiger partial charge >= 0.3 is 11.9 Å². The average molecular weight is 239 g/mol. The molecule has 94 valence electrons. The van der Waals surface area contributed by atoms with Crippen LogP contribution in [0.3, 0.4) is 0 Å². The van der Waals surface area contributed by atoms with E-state index in [0.717, 1.165) is 12.8 Å². The van der Waals surface area contributed by atoms with E-state index in [9.17, 15) is 20.0 Å². The number of nitriles is 1. The van der Waals surface area contributed by atoms with Gasteiger partial charge in [-0.2, -0.15) is 5.26 Å². The largest absolute Gasteiger partial charge is 0.481 e. The van der Waals surface area contributed by atoms with Crippen LogP contribution in [0.15, 0.2) is 0 Å². The second-order valence-corrected chi connectivity index (χ2v) is 4.57. The molecule has 2 unspecified atom stereocenters. The Bertz CT molecular complexity index is 354. The lowest BCUT2D eigenvalue weighted by atomic mass is 9.65. The minimum atomic E-state index is -1.77. The molecule has 1 fully saturated rings. The molecule has 0 aromatic rings. The van der Waals surface area contributed by atoms with Gasteiger partial charge in [0, 0.05) is 0 Å². The van der Waals surface area contributed by atoms with Crippen LogP contribution in [0.1, 0.15) is 39.0 Å². The van der Waals surface area contributed by atoms with E-state index in [0.29, 0.717) is 12.8 Å². The molecule has 5 heteroatoms. The zero-order valence-electron chi connectivity index (χ0n) is 9.85. The fourth-order valence-electron chi connectivity index (χ4n) is 2.90. The first-order valence-electron chi connectivity index (χ1n) is 5.88. The van der Waals surface area contributed by atoms with E-state index in [1.807, 2.05) is 6.07 Å². The third-order valence-electron chi connectivity index (χ3n) is 3.79.